The van der Waals surface area contributed by atoms with Gasteiger partial charge in [0.1, 0.15) is 5.75 Å². The van der Waals surface area contributed by atoms with Crippen molar-refractivity contribution in [2.75, 3.05) is 0 Å². The van der Waals surface area contributed by atoms with E-state index in [4.69, 9.17) is 0 Å². The van der Waals surface area contributed by atoms with Gasteiger partial charge in [-0.1, -0.05) is 6.07 Å². The second-order valence-electron chi connectivity index (χ2n) is 4.33. The Labute approximate surface area is 158 Å². The van der Waals surface area contributed by atoms with E-state index in [9.17, 15) is 20.0 Å². The number of non-ortho nitro benzene ring substituents is 1. The smallest absolute Gasteiger partial charge is 0.271 e. The molecular formula is C14H9I2N3O4. The Morgan fingerprint density at radius 3 is 2.74 bits per heavy atom. The van der Waals surface area contributed by atoms with Crippen molar-refractivity contribution in [2.24, 2.45) is 5.10 Å². The molecule has 1 amide bonds. The minimum Gasteiger partial charge on any atom is -0.506 e. The number of hydrogen-bond donors (Lipinski definition) is 2. The van der Waals surface area contributed by atoms with E-state index in [1.165, 1.54) is 24.4 Å². The molecule has 2 aromatic carbocycles. The van der Waals surface area contributed by atoms with Crippen LogP contribution in [0.2, 0.25) is 0 Å². The van der Waals surface area contributed by atoms with Crippen LogP contribution >= 0.6 is 45.2 Å². The first-order chi connectivity index (χ1) is 10.9. The average molecular weight is 537 g/mol. The van der Waals surface area contributed by atoms with Crippen LogP contribution in [0.25, 0.3) is 0 Å². The van der Waals surface area contributed by atoms with Crippen molar-refractivity contribution in [3.8, 4) is 5.75 Å². The molecule has 2 aromatic rings. The number of phenolic OH excluding ortho intramolecular Hbond substituents is 1. The number of carbonyl (C=O) groups is 1. The summed E-state index contributed by atoms with van der Waals surface area (Å²) in [4.78, 5) is 22.0. The fourth-order valence-corrected chi connectivity index (χ4v) is 3.56. The number of nitrogens with zero attached hydrogens (tertiary/aromatic N) is 2. The molecule has 0 saturated heterocycles. The van der Waals surface area contributed by atoms with Crippen LogP contribution in [-0.4, -0.2) is 22.2 Å². The van der Waals surface area contributed by atoms with E-state index in [1.54, 1.807) is 12.1 Å². The van der Waals surface area contributed by atoms with E-state index in [1.807, 2.05) is 22.6 Å². The molecule has 118 valence electrons. The molecule has 0 spiro atoms. The number of hydrogen-bond acceptors (Lipinski definition) is 5. The fraction of sp³-hybridized carbons (Fsp3) is 0. The number of aromatic hydroxyl groups is 1. The van der Waals surface area contributed by atoms with Crippen molar-refractivity contribution in [1.82, 2.24) is 5.43 Å². The zero-order valence-corrected chi connectivity index (χ0v) is 15.7. The molecule has 2 rings (SSSR count). The molecule has 9 heteroatoms. The van der Waals surface area contributed by atoms with Crippen LogP contribution in [0, 0.1) is 17.3 Å². The Bertz CT molecular complexity index is 809. The molecule has 0 aliphatic rings. The number of hydrazone groups is 1. The molecule has 0 atom stereocenters. The van der Waals surface area contributed by atoms with E-state index in [-0.39, 0.29) is 17.0 Å². The molecule has 2 N–H and O–H groups in total. The molecule has 7 nitrogen and oxygen atoms in total. The lowest BCUT2D eigenvalue weighted by molar-refractivity contribution is -0.384. The molecule has 0 heterocycles. The number of benzene rings is 2. The Balaban J connectivity index is 2.13. The predicted octanol–water partition coefficient (Wildman–Crippen LogP) is 3.27. The van der Waals surface area contributed by atoms with Gasteiger partial charge in [-0.05, 0) is 63.4 Å². The van der Waals surface area contributed by atoms with Crippen molar-refractivity contribution in [2.45, 2.75) is 0 Å². The van der Waals surface area contributed by atoms with Crippen LogP contribution in [-0.2, 0) is 0 Å². The maximum atomic E-state index is 11.9. The third-order valence-electron chi connectivity index (χ3n) is 2.75. The first kappa shape index (κ1) is 17.6. The van der Waals surface area contributed by atoms with E-state index in [2.05, 4.69) is 33.1 Å². The van der Waals surface area contributed by atoms with E-state index < -0.39 is 10.8 Å². The Morgan fingerprint density at radius 2 is 2.04 bits per heavy atom. The van der Waals surface area contributed by atoms with Gasteiger partial charge in [0.25, 0.3) is 11.6 Å². The minimum atomic E-state index is -0.579. The number of amides is 1. The minimum absolute atomic E-state index is 0.0689. The monoisotopic (exact) mass is 537 g/mol. The zero-order chi connectivity index (χ0) is 17.0. The highest BCUT2D eigenvalue weighted by Gasteiger charge is 2.11. The van der Waals surface area contributed by atoms with Crippen molar-refractivity contribution in [3.63, 3.8) is 0 Å². The molecule has 0 unspecified atom stereocenters. The highest BCUT2D eigenvalue weighted by Crippen LogP contribution is 2.25. The van der Waals surface area contributed by atoms with Gasteiger partial charge in [0.2, 0.25) is 0 Å². The standard InChI is InChI=1S/C14H9I2N3O4/c15-10-4-9(13(20)12(16)6-10)7-17-18-14(21)8-2-1-3-11(5-8)19(22)23/h1-7,20H,(H,18,21)/b17-7-. The van der Waals surface area contributed by atoms with Crippen LogP contribution in [0.1, 0.15) is 15.9 Å². The zero-order valence-electron chi connectivity index (χ0n) is 11.4. The number of phenols is 1. The van der Waals surface area contributed by atoms with Gasteiger partial charge in [-0.3, -0.25) is 14.9 Å². The van der Waals surface area contributed by atoms with Crippen molar-refractivity contribution in [3.05, 3.63) is 64.8 Å². The van der Waals surface area contributed by atoms with Gasteiger partial charge in [-0.25, -0.2) is 5.43 Å². The molecule has 0 saturated carbocycles. The Kier molecular flexibility index (Phi) is 5.87. The molecular weight excluding hydrogens is 528 g/mol. The molecule has 0 radical (unpaired) electrons. The molecule has 0 aliphatic heterocycles. The summed E-state index contributed by atoms with van der Waals surface area (Å²) in [5.74, 6) is -0.510. The largest absolute Gasteiger partial charge is 0.506 e. The SMILES string of the molecule is O=C(N/N=C\c1cc(I)cc(I)c1O)c1cccc([N+](=O)[O-])c1. The lowest BCUT2D eigenvalue weighted by atomic mass is 10.2. The summed E-state index contributed by atoms with van der Waals surface area (Å²) in [7, 11) is 0. The van der Waals surface area contributed by atoms with Gasteiger partial charge in [0, 0.05) is 26.8 Å². The molecule has 23 heavy (non-hydrogen) atoms. The summed E-state index contributed by atoms with van der Waals surface area (Å²) in [5, 5.41) is 24.4. The topological polar surface area (TPSA) is 105 Å². The van der Waals surface area contributed by atoms with Crippen molar-refractivity contribution < 1.29 is 14.8 Å². The van der Waals surface area contributed by atoms with Crippen LogP contribution < -0.4 is 5.43 Å². The van der Waals surface area contributed by atoms with Gasteiger partial charge in [0.15, 0.2) is 0 Å². The van der Waals surface area contributed by atoms with Gasteiger partial charge in [0.05, 0.1) is 14.7 Å². The average Bonchev–Trinajstić information content (AvgIpc) is 2.51. The highest BCUT2D eigenvalue weighted by molar-refractivity contribution is 14.1. The Morgan fingerprint density at radius 1 is 1.30 bits per heavy atom. The summed E-state index contributed by atoms with van der Waals surface area (Å²) < 4.78 is 1.58. The summed E-state index contributed by atoms with van der Waals surface area (Å²) in [6.07, 6.45) is 1.31. The van der Waals surface area contributed by atoms with Gasteiger partial charge < -0.3 is 5.11 Å². The maximum Gasteiger partial charge on any atom is 0.271 e. The van der Waals surface area contributed by atoms with Crippen LogP contribution in [0.5, 0.6) is 5.75 Å². The van der Waals surface area contributed by atoms with Crippen molar-refractivity contribution >= 4 is 63.0 Å². The molecule has 0 aromatic heterocycles. The third-order valence-corrected chi connectivity index (χ3v) is 4.19. The van der Waals surface area contributed by atoms with Gasteiger partial charge in [-0.15, -0.1) is 0 Å². The van der Waals surface area contributed by atoms with Gasteiger partial charge >= 0.3 is 0 Å². The number of nitro groups is 1. The number of nitro benzene ring substituents is 1. The number of halogens is 2. The maximum absolute atomic E-state index is 11.9. The fourth-order valence-electron chi connectivity index (χ4n) is 1.67. The number of nitrogens with one attached hydrogen (secondary N) is 1. The quantitative estimate of drug-likeness (QED) is 0.271. The summed E-state index contributed by atoms with van der Waals surface area (Å²) in [6.45, 7) is 0. The summed E-state index contributed by atoms with van der Waals surface area (Å²) in [5.41, 5.74) is 2.68. The molecule has 0 fully saturated rings. The highest BCUT2D eigenvalue weighted by atomic mass is 127. The Hall–Kier alpha value is -1.76. The van der Waals surface area contributed by atoms with E-state index in [0.717, 1.165) is 9.64 Å². The number of rotatable bonds is 4. The number of carbonyl (C=O) groups excluding carboxylic acids is 1. The van der Waals surface area contributed by atoms with Gasteiger partial charge in [-0.2, -0.15) is 5.10 Å². The normalized spacial score (nSPS) is 10.7. The molecule has 0 bridgehead atoms. The molecule has 0 aliphatic carbocycles. The second kappa shape index (κ2) is 7.68. The van der Waals surface area contributed by atoms with E-state index in [0.29, 0.717) is 9.13 Å². The lowest BCUT2D eigenvalue weighted by Crippen LogP contribution is -2.17. The second-order valence-corrected chi connectivity index (χ2v) is 6.74. The first-order valence-electron chi connectivity index (χ1n) is 6.14. The van der Waals surface area contributed by atoms with Crippen LogP contribution in [0.3, 0.4) is 0 Å². The summed E-state index contributed by atoms with van der Waals surface area (Å²) in [6, 6.07) is 8.84. The predicted molar refractivity (Wildman–Crippen MR) is 102 cm³/mol. The van der Waals surface area contributed by atoms with Crippen molar-refractivity contribution in [1.29, 1.82) is 0 Å². The van der Waals surface area contributed by atoms with Crippen LogP contribution in [0.15, 0.2) is 41.5 Å². The lowest BCUT2D eigenvalue weighted by Gasteiger charge is -2.03. The first-order valence-corrected chi connectivity index (χ1v) is 8.30. The third kappa shape index (κ3) is 4.60. The van der Waals surface area contributed by atoms with E-state index >= 15 is 0 Å². The summed E-state index contributed by atoms with van der Waals surface area (Å²) >= 11 is 4.10. The van der Waals surface area contributed by atoms with Crippen LogP contribution in [0.4, 0.5) is 5.69 Å².